The predicted octanol–water partition coefficient (Wildman–Crippen LogP) is 3.76. The molecule has 3 nitrogen and oxygen atoms in total. The smallest absolute Gasteiger partial charge is 0.147 e. The van der Waals surface area contributed by atoms with Crippen molar-refractivity contribution in [3.8, 4) is 11.8 Å². The summed E-state index contributed by atoms with van der Waals surface area (Å²) in [6.07, 6.45) is 0. The molecular formula is C16H14BrFN2O. The van der Waals surface area contributed by atoms with E-state index in [4.69, 9.17) is 10.00 Å². The highest BCUT2D eigenvalue weighted by Crippen LogP contribution is 2.24. The van der Waals surface area contributed by atoms with Gasteiger partial charge in [-0.1, -0.05) is 28.1 Å². The maximum atomic E-state index is 14.0. The van der Waals surface area contributed by atoms with Gasteiger partial charge in [0.25, 0.3) is 0 Å². The standard InChI is InChI=1S/C16H14BrFN2O/c1-20-9-13-7-14(17)5-6-15(13)21-10-12-4-2-3-11(8-19)16(12)18/h2-7,20H,9-10H2,1H3. The Morgan fingerprint density at radius 1 is 1.29 bits per heavy atom. The molecule has 108 valence electrons. The Hall–Kier alpha value is -1.90. The van der Waals surface area contributed by atoms with Crippen LogP contribution < -0.4 is 10.1 Å². The third kappa shape index (κ3) is 3.81. The molecule has 0 amide bonds. The molecule has 5 heteroatoms. The number of hydrogen-bond acceptors (Lipinski definition) is 3. The first-order valence-corrected chi connectivity index (χ1v) is 7.18. The van der Waals surface area contributed by atoms with Gasteiger partial charge in [-0.25, -0.2) is 4.39 Å². The van der Waals surface area contributed by atoms with Crippen LogP contribution >= 0.6 is 15.9 Å². The molecule has 0 saturated carbocycles. The zero-order valence-corrected chi connectivity index (χ0v) is 13.1. The van der Waals surface area contributed by atoms with E-state index >= 15 is 0 Å². The van der Waals surface area contributed by atoms with E-state index in [1.807, 2.05) is 31.3 Å². The van der Waals surface area contributed by atoms with E-state index in [1.54, 1.807) is 12.1 Å². The lowest BCUT2D eigenvalue weighted by molar-refractivity contribution is 0.296. The van der Waals surface area contributed by atoms with Gasteiger partial charge in [0.2, 0.25) is 0 Å². The maximum Gasteiger partial charge on any atom is 0.147 e. The topological polar surface area (TPSA) is 45.0 Å². The molecule has 21 heavy (non-hydrogen) atoms. The molecule has 0 heterocycles. The first kappa shape index (κ1) is 15.5. The van der Waals surface area contributed by atoms with Crippen LogP contribution in [0.5, 0.6) is 5.75 Å². The minimum Gasteiger partial charge on any atom is -0.488 e. The lowest BCUT2D eigenvalue weighted by Gasteiger charge is -2.12. The molecule has 1 N–H and O–H groups in total. The molecule has 0 aliphatic heterocycles. The van der Waals surface area contributed by atoms with E-state index < -0.39 is 5.82 Å². The summed E-state index contributed by atoms with van der Waals surface area (Å²) in [5.74, 6) is 0.168. The molecule has 0 aliphatic carbocycles. The summed E-state index contributed by atoms with van der Waals surface area (Å²) >= 11 is 3.41. The summed E-state index contributed by atoms with van der Waals surface area (Å²) in [7, 11) is 1.85. The summed E-state index contributed by atoms with van der Waals surface area (Å²) < 4.78 is 20.6. The van der Waals surface area contributed by atoms with Crippen molar-refractivity contribution in [1.29, 1.82) is 5.26 Å². The highest BCUT2D eigenvalue weighted by Gasteiger charge is 2.10. The molecule has 0 saturated heterocycles. The van der Waals surface area contributed by atoms with Crippen LogP contribution in [0.3, 0.4) is 0 Å². The van der Waals surface area contributed by atoms with Crippen LogP contribution in [-0.4, -0.2) is 7.05 Å². The molecule has 0 bridgehead atoms. The first-order chi connectivity index (χ1) is 10.2. The van der Waals surface area contributed by atoms with Gasteiger partial charge in [-0.05, 0) is 31.3 Å². The number of nitrogens with one attached hydrogen (secondary N) is 1. The molecule has 0 fully saturated rings. The van der Waals surface area contributed by atoms with Gasteiger partial charge in [-0.15, -0.1) is 0 Å². The summed E-state index contributed by atoms with van der Waals surface area (Å²) in [4.78, 5) is 0. The number of benzene rings is 2. The summed E-state index contributed by atoms with van der Waals surface area (Å²) in [6, 6.07) is 12.2. The molecule has 0 radical (unpaired) electrons. The van der Waals surface area contributed by atoms with Crippen molar-refractivity contribution in [2.75, 3.05) is 7.05 Å². The van der Waals surface area contributed by atoms with Gasteiger partial charge in [0.1, 0.15) is 24.2 Å². The van der Waals surface area contributed by atoms with E-state index in [0.717, 1.165) is 10.0 Å². The van der Waals surface area contributed by atoms with Crippen LogP contribution in [0.15, 0.2) is 40.9 Å². The largest absolute Gasteiger partial charge is 0.488 e. The second-order valence-corrected chi connectivity index (χ2v) is 5.38. The number of ether oxygens (including phenoxy) is 1. The summed E-state index contributed by atoms with van der Waals surface area (Å²) in [5, 5.41) is 11.9. The van der Waals surface area contributed by atoms with Crippen molar-refractivity contribution in [3.05, 3.63) is 63.4 Å². The Kier molecular flexibility index (Phi) is 5.32. The molecule has 0 spiro atoms. The fourth-order valence-corrected chi connectivity index (χ4v) is 2.36. The van der Waals surface area contributed by atoms with Gasteiger partial charge in [0.15, 0.2) is 0 Å². The Bertz CT molecular complexity index is 682. The number of rotatable bonds is 5. The quantitative estimate of drug-likeness (QED) is 0.894. The van der Waals surface area contributed by atoms with E-state index in [1.165, 1.54) is 6.07 Å². The van der Waals surface area contributed by atoms with Crippen molar-refractivity contribution in [3.63, 3.8) is 0 Å². The minimum absolute atomic E-state index is 0.0300. The zero-order chi connectivity index (χ0) is 15.2. The fraction of sp³-hybridized carbons (Fsp3) is 0.188. The number of hydrogen-bond donors (Lipinski definition) is 1. The molecular weight excluding hydrogens is 335 g/mol. The normalized spacial score (nSPS) is 10.2. The number of halogens is 2. The van der Waals surface area contributed by atoms with Crippen LogP contribution in [0.4, 0.5) is 4.39 Å². The maximum absolute atomic E-state index is 14.0. The predicted molar refractivity (Wildman–Crippen MR) is 82.4 cm³/mol. The van der Waals surface area contributed by atoms with Gasteiger partial charge in [-0.2, -0.15) is 5.26 Å². The van der Waals surface area contributed by atoms with Crippen LogP contribution in [0.25, 0.3) is 0 Å². The van der Waals surface area contributed by atoms with Crippen molar-refractivity contribution in [2.45, 2.75) is 13.2 Å². The lowest BCUT2D eigenvalue weighted by Crippen LogP contribution is -2.08. The van der Waals surface area contributed by atoms with Crippen LogP contribution in [0, 0.1) is 17.1 Å². The minimum atomic E-state index is -0.521. The SMILES string of the molecule is CNCc1cc(Br)ccc1OCc1cccc(C#N)c1F. The van der Waals surface area contributed by atoms with Gasteiger partial charge in [0, 0.05) is 22.1 Å². The third-order valence-corrected chi connectivity index (χ3v) is 3.47. The Labute approximate surface area is 131 Å². The van der Waals surface area contributed by atoms with E-state index in [0.29, 0.717) is 17.9 Å². The lowest BCUT2D eigenvalue weighted by atomic mass is 10.1. The third-order valence-electron chi connectivity index (χ3n) is 2.97. The van der Waals surface area contributed by atoms with Gasteiger partial charge < -0.3 is 10.1 Å². The van der Waals surface area contributed by atoms with Crippen molar-refractivity contribution in [2.24, 2.45) is 0 Å². The number of nitrogens with zero attached hydrogens (tertiary/aromatic N) is 1. The Morgan fingerprint density at radius 3 is 2.81 bits per heavy atom. The first-order valence-electron chi connectivity index (χ1n) is 6.39. The van der Waals surface area contributed by atoms with E-state index in [2.05, 4.69) is 21.2 Å². The molecule has 0 aromatic heterocycles. The highest BCUT2D eigenvalue weighted by molar-refractivity contribution is 9.10. The molecule has 2 aromatic carbocycles. The molecule has 2 rings (SSSR count). The fourth-order valence-electron chi connectivity index (χ4n) is 1.95. The molecule has 2 aromatic rings. The van der Waals surface area contributed by atoms with E-state index in [-0.39, 0.29) is 12.2 Å². The summed E-state index contributed by atoms with van der Waals surface area (Å²) in [5.41, 5.74) is 1.37. The van der Waals surface area contributed by atoms with E-state index in [9.17, 15) is 4.39 Å². The van der Waals surface area contributed by atoms with Gasteiger partial charge in [-0.3, -0.25) is 0 Å². The van der Waals surface area contributed by atoms with Crippen LogP contribution in [0.1, 0.15) is 16.7 Å². The van der Waals surface area contributed by atoms with Crippen LogP contribution in [-0.2, 0) is 13.2 Å². The second kappa shape index (κ2) is 7.21. The summed E-state index contributed by atoms with van der Waals surface area (Å²) in [6.45, 7) is 0.731. The van der Waals surface area contributed by atoms with Crippen molar-refractivity contribution >= 4 is 15.9 Å². The number of nitriles is 1. The van der Waals surface area contributed by atoms with Crippen molar-refractivity contribution < 1.29 is 9.13 Å². The van der Waals surface area contributed by atoms with Gasteiger partial charge >= 0.3 is 0 Å². The Morgan fingerprint density at radius 2 is 2.10 bits per heavy atom. The van der Waals surface area contributed by atoms with Crippen LogP contribution in [0.2, 0.25) is 0 Å². The Balaban J connectivity index is 2.19. The average Bonchev–Trinajstić information content (AvgIpc) is 2.48. The average molecular weight is 349 g/mol. The second-order valence-electron chi connectivity index (χ2n) is 4.46. The molecule has 0 atom stereocenters. The van der Waals surface area contributed by atoms with Crippen molar-refractivity contribution in [1.82, 2.24) is 5.32 Å². The monoisotopic (exact) mass is 348 g/mol. The molecule has 0 aliphatic rings. The molecule has 0 unspecified atom stereocenters. The van der Waals surface area contributed by atoms with Gasteiger partial charge in [0.05, 0.1) is 5.56 Å². The zero-order valence-electron chi connectivity index (χ0n) is 11.5. The highest BCUT2D eigenvalue weighted by atomic mass is 79.9.